The van der Waals surface area contributed by atoms with Gasteiger partial charge in [0.15, 0.2) is 6.61 Å². The van der Waals surface area contributed by atoms with Crippen molar-refractivity contribution < 1.29 is 19.2 Å². The summed E-state index contributed by atoms with van der Waals surface area (Å²) in [5.41, 5.74) is 0.742. The number of likely N-dealkylation sites (tertiary alicyclic amines) is 1. The lowest BCUT2D eigenvalue weighted by Gasteiger charge is -2.43. The van der Waals surface area contributed by atoms with Crippen molar-refractivity contribution in [2.24, 2.45) is 0 Å². The summed E-state index contributed by atoms with van der Waals surface area (Å²) in [5.74, 6) is 1.43. The Hall–Kier alpha value is -3.33. The number of nitro groups is 1. The normalized spacial score (nSPS) is 17.5. The second-order valence-electron chi connectivity index (χ2n) is 7.95. The van der Waals surface area contributed by atoms with Crippen LogP contribution in [0.2, 0.25) is 0 Å². The van der Waals surface area contributed by atoms with E-state index in [4.69, 9.17) is 4.74 Å². The lowest BCUT2D eigenvalue weighted by molar-refractivity contribution is -0.384. The molecular formula is C24H25N3O5S. The van der Waals surface area contributed by atoms with E-state index in [-0.39, 0.29) is 29.0 Å². The number of benzene rings is 2. The number of amides is 2. The molecule has 8 nitrogen and oxygen atoms in total. The molecule has 0 aromatic heterocycles. The molecule has 0 unspecified atom stereocenters. The maximum Gasteiger partial charge on any atom is 0.269 e. The van der Waals surface area contributed by atoms with E-state index in [0.717, 1.165) is 11.3 Å². The fourth-order valence-electron chi connectivity index (χ4n) is 4.17. The van der Waals surface area contributed by atoms with Crippen LogP contribution in [0.1, 0.15) is 18.4 Å². The summed E-state index contributed by atoms with van der Waals surface area (Å²) in [7, 11) is 0. The van der Waals surface area contributed by atoms with Crippen molar-refractivity contribution in [3.8, 4) is 5.75 Å². The Labute approximate surface area is 196 Å². The quantitative estimate of drug-likeness (QED) is 0.366. The van der Waals surface area contributed by atoms with Crippen molar-refractivity contribution >= 4 is 35.3 Å². The molecular weight excluding hydrogens is 442 g/mol. The minimum absolute atomic E-state index is 0.00689. The van der Waals surface area contributed by atoms with Crippen molar-refractivity contribution in [3.05, 3.63) is 76.4 Å². The molecule has 0 bridgehead atoms. The predicted molar refractivity (Wildman–Crippen MR) is 127 cm³/mol. The Morgan fingerprint density at radius 1 is 1.06 bits per heavy atom. The molecule has 2 fully saturated rings. The van der Waals surface area contributed by atoms with E-state index in [1.54, 1.807) is 34.9 Å². The Balaban J connectivity index is 1.31. The predicted octanol–water partition coefficient (Wildman–Crippen LogP) is 3.58. The summed E-state index contributed by atoms with van der Waals surface area (Å²) in [6.45, 7) is 1.84. The number of thioether (sulfide) groups is 1. The highest BCUT2D eigenvalue weighted by molar-refractivity contribution is 8.00. The van der Waals surface area contributed by atoms with Gasteiger partial charge in [0.25, 0.3) is 11.6 Å². The molecule has 1 spiro atoms. The summed E-state index contributed by atoms with van der Waals surface area (Å²) < 4.78 is 5.66. The number of ether oxygens (including phenoxy) is 1. The average molecular weight is 468 g/mol. The van der Waals surface area contributed by atoms with Crippen molar-refractivity contribution in [3.63, 3.8) is 0 Å². The summed E-state index contributed by atoms with van der Waals surface area (Å²) in [6.07, 6.45) is 4.59. The Morgan fingerprint density at radius 2 is 1.76 bits per heavy atom. The molecule has 2 saturated heterocycles. The van der Waals surface area contributed by atoms with E-state index in [9.17, 15) is 19.7 Å². The Bertz CT molecular complexity index is 1030. The third kappa shape index (κ3) is 5.36. The Kier molecular flexibility index (Phi) is 6.98. The molecule has 2 aliphatic heterocycles. The van der Waals surface area contributed by atoms with E-state index in [1.165, 1.54) is 18.2 Å². The van der Waals surface area contributed by atoms with Crippen molar-refractivity contribution in [2.45, 2.75) is 17.7 Å². The fraction of sp³-hybridized carbons (Fsp3) is 0.333. The molecule has 0 atom stereocenters. The standard InChI is InChI=1S/C24H25N3O5S/c28-22(11-8-19-6-9-20(10-7-19)27(30)31)25-14-12-24(13-15-25)26(16-17-33-24)23(29)18-32-21-4-2-1-3-5-21/h1-11H,12-18H2/b11-8+. The molecule has 2 heterocycles. The number of hydrogen-bond donors (Lipinski definition) is 0. The van der Waals surface area contributed by atoms with E-state index in [2.05, 4.69) is 0 Å². The van der Waals surface area contributed by atoms with Gasteiger partial charge in [-0.05, 0) is 48.7 Å². The zero-order valence-electron chi connectivity index (χ0n) is 18.1. The van der Waals surface area contributed by atoms with Crippen molar-refractivity contribution in [1.82, 2.24) is 9.80 Å². The molecule has 33 heavy (non-hydrogen) atoms. The smallest absolute Gasteiger partial charge is 0.269 e. The van der Waals surface area contributed by atoms with Crippen LogP contribution in [0.3, 0.4) is 0 Å². The molecule has 2 aromatic carbocycles. The molecule has 4 rings (SSSR count). The van der Waals surface area contributed by atoms with Crippen LogP contribution in [-0.2, 0) is 9.59 Å². The molecule has 0 saturated carbocycles. The number of nitro benzene ring substituents is 1. The minimum atomic E-state index is -0.453. The first-order valence-electron chi connectivity index (χ1n) is 10.8. The monoisotopic (exact) mass is 467 g/mol. The van der Waals surface area contributed by atoms with Gasteiger partial charge >= 0.3 is 0 Å². The van der Waals surface area contributed by atoms with Gasteiger partial charge in [0.1, 0.15) is 5.75 Å². The van der Waals surface area contributed by atoms with Gasteiger partial charge < -0.3 is 14.5 Å². The third-order valence-corrected chi connectivity index (χ3v) is 7.52. The highest BCUT2D eigenvalue weighted by Gasteiger charge is 2.46. The number of rotatable bonds is 6. The van der Waals surface area contributed by atoms with Crippen LogP contribution in [0.5, 0.6) is 5.75 Å². The summed E-state index contributed by atoms with van der Waals surface area (Å²) in [6, 6.07) is 15.4. The molecule has 2 aromatic rings. The van der Waals surface area contributed by atoms with Gasteiger partial charge in [0.2, 0.25) is 5.91 Å². The number of piperidine rings is 1. The third-order valence-electron chi connectivity index (χ3n) is 5.96. The van der Waals surface area contributed by atoms with Crippen LogP contribution in [0.15, 0.2) is 60.7 Å². The van der Waals surface area contributed by atoms with Crippen LogP contribution in [0, 0.1) is 10.1 Å². The Morgan fingerprint density at radius 3 is 2.42 bits per heavy atom. The average Bonchev–Trinajstić information content (AvgIpc) is 3.25. The number of hydrogen-bond acceptors (Lipinski definition) is 6. The minimum Gasteiger partial charge on any atom is -0.484 e. The van der Waals surface area contributed by atoms with Gasteiger partial charge in [-0.1, -0.05) is 18.2 Å². The van der Waals surface area contributed by atoms with Crippen LogP contribution < -0.4 is 4.74 Å². The second-order valence-corrected chi connectivity index (χ2v) is 9.41. The molecule has 2 amide bonds. The maximum absolute atomic E-state index is 12.9. The van der Waals surface area contributed by atoms with Gasteiger partial charge in [-0.2, -0.15) is 0 Å². The highest BCUT2D eigenvalue weighted by Crippen LogP contribution is 2.44. The van der Waals surface area contributed by atoms with Crippen molar-refractivity contribution in [2.75, 3.05) is 32.0 Å². The first-order valence-corrected chi connectivity index (χ1v) is 11.8. The van der Waals surface area contributed by atoms with E-state index < -0.39 is 4.92 Å². The maximum atomic E-state index is 12.9. The van der Waals surface area contributed by atoms with Crippen LogP contribution >= 0.6 is 11.8 Å². The highest BCUT2D eigenvalue weighted by atomic mass is 32.2. The summed E-state index contributed by atoms with van der Waals surface area (Å²) >= 11 is 1.79. The van der Waals surface area contributed by atoms with Gasteiger partial charge in [-0.15, -0.1) is 11.8 Å². The van der Waals surface area contributed by atoms with Gasteiger partial charge in [0, 0.05) is 43.6 Å². The van der Waals surface area contributed by atoms with E-state index in [0.29, 0.717) is 38.2 Å². The molecule has 2 aliphatic rings. The zero-order valence-corrected chi connectivity index (χ0v) is 18.9. The largest absolute Gasteiger partial charge is 0.484 e. The molecule has 0 aliphatic carbocycles. The lowest BCUT2D eigenvalue weighted by atomic mass is 10.0. The lowest BCUT2D eigenvalue weighted by Crippen LogP contribution is -2.54. The van der Waals surface area contributed by atoms with Crippen molar-refractivity contribution in [1.29, 1.82) is 0 Å². The number of carbonyl (C=O) groups excluding carboxylic acids is 2. The second kappa shape index (κ2) is 10.1. The summed E-state index contributed by atoms with van der Waals surface area (Å²) in [5, 5.41) is 10.8. The topological polar surface area (TPSA) is 93.0 Å². The van der Waals surface area contributed by atoms with E-state index in [1.807, 2.05) is 35.2 Å². The summed E-state index contributed by atoms with van der Waals surface area (Å²) in [4.78, 5) is 39.3. The van der Waals surface area contributed by atoms with Gasteiger partial charge in [-0.3, -0.25) is 19.7 Å². The zero-order chi connectivity index (χ0) is 23.3. The number of nitrogens with zero attached hydrogens (tertiary/aromatic N) is 3. The van der Waals surface area contributed by atoms with Crippen LogP contribution in [0.25, 0.3) is 6.08 Å². The molecule has 0 radical (unpaired) electrons. The van der Waals surface area contributed by atoms with Gasteiger partial charge in [-0.25, -0.2) is 0 Å². The first kappa shape index (κ1) is 22.8. The number of para-hydroxylation sites is 1. The van der Waals surface area contributed by atoms with Crippen LogP contribution in [0.4, 0.5) is 5.69 Å². The van der Waals surface area contributed by atoms with E-state index >= 15 is 0 Å². The fourth-order valence-corrected chi connectivity index (χ4v) is 5.65. The van der Waals surface area contributed by atoms with Gasteiger partial charge in [0.05, 0.1) is 9.79 Å². The molecule has 9 heteroatoms. The first-order chi connectivity index (χ1) is 16.0. The molecule has 0 N–H and O–H groups in total. The molecule has 172 valence electrons. The number of non-ortho nitro benzene ring substituents is 1. The number of carbonyl (C=O) groups is 2. The SMILES string of the molecule is O=C(/C=C/c1ccc([N+](=O)[O-])cc1)N1CCC2(CC1)SCCN2C(=O)COc1ccccc1. The van der Waals surface area contributed by atoms with Crippen LogP contribution in [-0.4, -0.2) is 63.4 Å².